The standard InChI is InChI=1S/C16H30N2O2/c1-12-6-5-10-18(13(12)2)11-8-14-7-4-9-16(14,17-3)15(19)20/h12-14,17H,4-11H2,1-3H3,(H,19,20). The van der Waals surface area contributed by atoms with Crippen molar-refractivity contribution in [3.8, 4) is 0 Å². The minimum Gasteiger partial charge on any atom is -0.480 e. The van der Waals surface area contributed by atoms with Crippen molar-refractivity contribution >= 4 is 5.97 Å². The highest BCUT2D eigenvalue weighted by atomic mass is 16.4. The van der Waals surface area contributed by atoms with Crippen molar-refractivity contribution in [1.29, 1.82) is 0 Å². The van der Waals surface area contributed by atoms with Crippen molar-refractivity contribution in [2.45, 2.75) is 64.0 Å². The molecule has 1 aliphatic heterocycles. The fraction of sp³-hybridized carbons (Fsp3) is 0.938. The molecule has 2 aliphatic rings. The lowest BCUT2D eigenvalue weighted by Gasteiger charge is -2.39. The lowest BCUT2D eigenvalue weighted by atomic mass is 9.84. The Morgan fingerprint density at radius 2 is 2.10 bits per heavy atom. The summed E-state index contributed by atoms with van der Waals surface area (Å²) in [6, 6.07) is 0.638. The zero-order valence-electron chi connectivity index (χ0n) is 13.2. The van der Waals surface area contributed by atoms with Crippen molar-refractivity contribution in [1.82, 2.24) is 10.2 Å². The molecule has 1 heterocycles. The molecule has 2 fully saturated rings. The SMILES string of the molecule is CNC1(C(=O)O)CCCC1CCN1CCCC(C)C1C. The highest BCUT2D eigenvalue weighted by Gasteiger charge is 2.47. The molecule has 0 spiro atoms. The second-order valence-electron chi connectivity index (χ2n) is 6.80. The van der Waals surface area contributed by atoms with Gasteiger partial charge in [0.1, 0.15) is 5.54 Å². The number of nitrogens with one attached hydrogen (secondary N) is 1. The van der Waals surface area contributed by atoms with Gasteiger partial charge in [0.15, 0.2) is 0 Å². The number of carbonyl (C=O) groups is 1. The van der Waals surface area contributed by atoms with Gasteiger partial charge >= 0.3 is 5.97 Å². The smallest absolute Gasteiger partial charge is 0.324 e. The van der Waals surface area contributed by atoms with Gasteiger partial charge in [0.05, 0.1) is 0 Å². The summed E-state index contributed by atoms with van der Waals surface area (Å²) in [6.45, 7) is 6.88. The first-order valence-corrected chi connectivity index (χ1v) is 8.17. The van der Waals surface area contributed by atoms with Gasteiger partial charge in [-0.25, -0.2) is 0 Å². The number of rotatable bonds is 5. The molecule has 0 aromatic heterocycles. The van der Waals surface area contributed by atoms with Crippen LogP contribution in [0.15, 0.2) is 0 Å². The third kappa shape index (κ3) is 2.86. The molecule has 1 saturated carbocycles. The van der Waals surface area contributed by atoms with Crippen molar-refractivity contribution in [2.24, 2.45) is 11.8 Å². The first-order valence-electron chi connectivity index (χ1n) is 8.17. The van der Waals surface area contributed by atoms with E-state index in [9.17, 15) is 9.90 Å². The number of carboxylic acids is 1. The fourth-order valence-corrected chi connectivity index (χ4v) is 4.24. The third-order valence-electron chi connectivity index (χ3n) is 5.92. The van der Waals surface area contributed by atoms with Crippen LogP contribution < -0.4 is 5.32 Å². The van der Waals surface area contributed by atoms with Crippen LogP contribution in [0.25, 0.3) is 0 Å². The Hall–Kier alpha value is -0.610. The zero-order chi connectivity index (χ0) is 14.8. The van der Waals surface area contributed by atoms with Crippen LogP contribution in [0.4, 0.5) is 0 Å². The Balaban J connectivity index is 1.94. The second kappa shape index (κ2) is 6.44. The number of piperidine rings is 1. The van der Waals surface area contributed by atoms with Gasteiger partial charge < -0.3 is 15.3 Å². The largest absolute Gasteiger partial charge is 0.480 e. The number of aliphatic carboxylic acids is 1. The van der Waals surface area contributed by atoms with Gasteiger partial charge in [-0.15, -0.1) is 0 Å². The van der Waals surface area contributed by atoms with Crippen LogP contribution in [0.5, 0.6) is 0 Å². The van der Waals surface area contributed by atoms with Gasteiger partial charge in [0, 0.05) is 6.04 Å². The highest BCUT2D eigenvalue weighted by molar-refractivity contribution is 5.79. The van der Waals surface area contributed by atoms with Crippen molar-refractivity contribution in [2.75, 3.05) is 20.1 Å². The first-order chi connectivity index (χ1) is 9.51. The number of likely N-dealkylation sites (N-methyl/N-ethyl adjacent to an activating group) is 1. The van der Waals surface area contributed by atoms with Gasteiger partial charge in [-0.05, 0) is 71.0 Å². The molecule has 1 saturated heterocycles. The summed E-state index contributed by atoms with van der Waals surface area (Å²) < 4.78 is 0. The van der Waals surface area contributed by atoms with Gasteiger partial charge in [-0.3, -0.25) is 4.79 Å². The van der Waals surface area contributed by atoms with E-state index in [4.69, 9.17) is 0 Å². The summed E-state index contributed by atoms with van der Waals surface area (Å²) in [5, 5.41) is 12.7. The predicted octanol–water partition coefficient (Wildman–Crippen LogP) is 2.34. The van der Waals surface area contributed by atoms with Crippen LogP contribution in [0, 0.1) is 11.8 Å². The summed E-state index contributed by atoms with van der Waals surface area (Å²) in [5.41, 5.74) is -0.676. The van der Waals surface area contributed by atoms with Crippen molar-refractivity contribution in [3.63, 3.8) is 0 Å². The Morgan fingerprint density at radius 3 is 2.75 bits per heavy atom. The highest BCUT2D eigenvalue weighted by Crippen LogP contribution is 2.38. The lowest BCUT2D eigenvalue weighted by molar-refractivity contribution is -0.146. The van der Waals surface area contributed by atoms with Crippen LogP contribution in [0.2, 0.25) is 0 Å². The van der Waals surface area contributed by atoms with Gasteiger partial charge in [0.2, 0.25) is 0 Å². The zero-order valence-corrected chi connectivity index (χ0v) is 13.2. The molecule has 2 rings (SSSR count). The van der Waals surface area contributed by atoms with Gasteiger partial charge in [0.25, 0.3) is 0 Å². The Kier molecular flexibility index (Phi) is 5.08. The lowest BCUT2D eigenvalue weighted by Crippen LogP contribution is -2.54. The van der Waals surface area contributed by atoms with Crippen molar-refractivity contribution < 1.29 is 9.90 Å². The fourth-order valence-electron chi connectivity index (χ4n) is 4.24. The molecule has 1 aliphatic carbocycles. The van der Waals surface area contributed by atoms with Crippen LogP contribution >= 0.6 is 0 Å². The van der Waals surface area contributed by atoms with Crippen LogP contribution in [0.1, 0.15) is 52.4 Å². The van der Waals surface area contributed by atoms with E-state index in [0.29, 0.717) is 6.04 Å². The monoisotopic (exact) mass is 282 g/mol. The molecule has 0 amide bonds. The molecular weight excluding hydrogens is 252 g/mol. The van der Waals surface area contributed by atoms with Crippen molar-refractivity contribution in [3.05, 3.63) is 0 Å². The van der Waals surface area contributed by atoms with E-state index in [1.165, 1.54) is 19.4 Å². The molecule has 116 valence electrons. The molecule has 0 radical (unpaired) electrons. The van der Waals surface area contributed by atoms with E-state index in [1.807, 2.05) is 0 Å². The summed E-state index contributed by atoms with van der Waals surface area (Å²) >= 11 is 0. The Labute approximate surface area is 122 Å². The average Bonchev–Trinajstić information content (AvgIpc) is 2.84. The van der Waals surface area contributed by atoms with E-state index >= 15 is 0 Å². The third-order valence-corrected chi connectivity index (χ3v) is 5.92. The number of nitrogens with zero attached hydrogens (tertiary/aromatic N) is 1. The molecule has 2 N–H and O–H groups in total. The first kappa shape index (κ1) is 15.8. The minimum absolute atomic E-state index is 0.273. The molecule has 0 bridgehead atoms. The van der Waals surface area contributed by atoms with E-state index in [-0.39, 0.29) is 5.92 Å². The minimum atomic E-state index is -0.676. The number of likely N-dealkylation sites (tertiary alicyclic amines) is 1. The molecule has 0 aromatic carbocycles. The maximum Gasteiger partial charge on any atom is 0.324 e. The predicted molar refractivity (Wildman–Crippen MR) is 80.8 cm³/mol. The molecule has 4 heteroatoms. The summed E-state index contributed by atoms with van der Waals surface area (Å²) in [6.07, 6.45) is 6.47. The van der Waals surface area contributed by atoms with Crippen LogP contribution in [-0.4, -0.2) is 47.7 Å². The summed E-state index contributed by atoms with van der Waals surface area (Å²) in [5.74, 6) is 0.373. The molecule has 20 heavy (non-hydrogen) atoms. The molecular formula is C16H30N2O2. The molecule has 4 atom stereocenters. The maximum atomic E-state index is 11.7. The maximum absolute atomic E-state index is 11.7. The normalized spacial score (nSPS) is 39.0. The molecule has 4 unspecified atom stereocenters. The Morgan fingerprint density at radius 1 is 1.35 bits per heavy atom. The Bertz CT molecular complexity index is 347. The quantitative estimate of drug-likeness (QED) is 0.812. The van der Waals surface area contributed by atoms with Gasteiger partial charge in [-0.1, -0.05) is 13.3 Å². The van der Waals surface area contributed by atoms with Gasteiger partial charge in [-0.2, -0.15) is 0 Å². The van der Waals surface area contributed by atoms with E-state index in [2.05, 4.69) is 24.1 Å². The number of hydrogen-bond acceptors (Lipinski definition) is 3. The number of hydrogen-bond donors (Lipinski definition) is 2. The van der Waals surface area contributed by atoms with E-state index in [0.717, 1.165) is 38.1 Å². The molecule has 4 nitrogen and oxygen atoms in total. The summed E-state index contributed by atoms with van der Waals surface area (Å²) in [7, 11) is 1.80. The topological polar surface area (TPSA) is 52.6 Å². The number of carboxylic acid groups (broad SMARTS) is 1. The van der Waals surface area contributed by atoms with E-state index < -0.39 is 11.5 Å². The average molecular weight is 282 g/mol. The summed E-state index contributed by atoms with van der Waals surface area (Å²) in [4.78, 5) is 14.2. The van der Waals surface area contributed by atoms with Crippen LogP contribution in [-0.2, 0) is 4.79 Å². The molecule has 0 aromatic rings. The second-order valence-corrected chi connectivity index (χ2v) is 6.80. The van der Waals surface area contributed by atoms with E-state index in [1.54, 1.807) is 7.05 Å². The van der Waals surface area contributed by atoms with Crippen LogP contribution in [0.3, 0.4) is 0 Å².